The number of nitrogens with zero attached hydrogens (tertiary/aromatic N) is 5. The Morgan fingerprint density at radius 2 is 1.29 bits per heavy atom. The molecule has 0 spiro atoms. The molecule has 5 aromatic rings. The molecule has 12 nitrogen and oxygen atoms in total. The van der Waals surface area contributed by atoms with Crippen LogP contribution in [0.5, 0.6) is 0 Å². The Balaban J connectivity index is 0.000000181. The second-order valence-electron chi connectivity index (χ2n) is 7.41. The number of thioether (sulfide) groups is 2. The number of sulfone groups is 2. The van der Waals surface area contributed by atoms with Crippen molar-refractivity contribution in [3.63, 3.8) is 0 Å². The molecule has 0 radical (unpaired) electrons. The van der Waals surface area contributed by atoms with E-state index in [0.29, 0.717) is 10.1 Å². The number of aromatic nitrogens is 6. The summed E-state index contributed by atoms with van der Waals surface area (Å²) >= 11 is 2.45. The zero-order chi connectivity index (χ0) is 27.5. The summed E-state index contributed by atoms with van der Waals surface area (Å²) in [6.45, 7) is 0. The smallest absolute Gasteiger partial charge is 0.224 e. The summed E-state index contributed by atoms with van der Waals surface area (Å²) in [5, 5.41) is 11.2. The van der Waals surface area contributed by atoms with Gasteiger partial charge in [-0.1, -0.05) is 36.4 Å². The number of anilines is 2. The summed E-state index contributed by atoms with van der Waals surface area (Å²) in [6, 6.07) is 16.3. The molecule has 0 bridgehead atoms. The summed E-state index contributed by atoms with van der Waals surface area (Å²) in [7, 11) is -7.34. The fourth-order valence-electron chi connectivity index (χ4n) is 3.38. The molecule has 0 fully saturated rings. The van der Waals surface area contributed by atoms with Gasteiger partial charge in [0, 0.05) is 0 Å². The standard InChI is InChI=1S/C12H11N5O2S2.C10H11N3O2S2/c1-20-11-9(10-14-7-15-12(13)17(10)16-11)21(18,19)8-5-3-2-4-6-8;1-16-10-8(9(11)12-13-10)17(14,15)7-5-3-2-4-6-7/h2-7H,1H3,(H2,13,14,15);2-6H,1H3,(H3,11,12,13). The molecule has 0 unspecified atom stereocenters. The number of aromatic amines is 1. The minimum absolute atomic E-state index is 0.0512. The average molecular weight is 591 g/mol. The van der Waals surface area contributed by atoms with Crippen molar-refractivity contribution in [1.82, 2.24) is 29.8 Å². The molecule has 0 amide bonds. The molecule has 0 atom stereocenters. The highest BCUT2D eigenvalue weighted by Crippen LogP contribution is 2.33. The van der Waals surface area contributed by atoms with E-state index in [2.05, 4.69) is 25.3 Å². The Morgan fingerprint density at radius 3 is 1.82 bits per heavy atom. The molecule has 3 aromatic heterocycles. The number of hydrogen-bond donors (Lipinski definition) is 3. The molecule has 38 heavy (non-hydrogen) atoms. The molecular weight excluding hydrogens is 569 g/mol. The maximum absolute atomic E-state index is 12.8. The number of nitrogen functional groups attached to an aromatic ring is 2. The van der Waals surface area contributed by atoms with Crippen molar-refractivity contribution in [3.05, 3.63) is 67.0 Å². The highest BCUT2D eigenvalue weighted by atomic mass is 32.2. The van der Waals surface area contributed by atoms with Crippen molar-refractivity contribution in [2.45, 2.75) is 29.6 Å². The van der Waals surface area contributed by atoms with E-state index in [0.717, 1.165) is 0 Å². The first-order chi connectivity index (χ1) is 18.1. The first-order valence-electron chi connectivity index (χ1n) is 10.6. The topological polar surface area (TPSA) is 192 Å². The molecule has 0 aliphatic carbocycles. The van der Waals surface area contributed by atoms with Crippen LogP contribution in [0.2, 0.25) is 0 Å². The Bertz CT molecular complexity index is 1790. The quantitative estimate of drug-likeness (QED) is 0.245. The largest absolute Gasteiger partial charge is 0.383 e. The monoisotopic (exact) mass is 590 g/mol. The second-order valence-corrected chi connectivity index (χ2v) is 12.8. The molecule has 0 aliphatic heterocycles. The van der Waals surface area contributed by atoms with E-state index < -0.39 is 19.7 Å². The number of fused-ring (bicyclic) bond motifs is 1. The van der Waals surface area contributed by atoms with Crippen LogP contribution in [0.15, 0.2) is 96.6 Å². The van der Waals surface area contributed by atoms with Crippen LogP contribution in [0.1, 0.15) is 0 Å². The van der Waals surface area contributed by atoms with Crippen LogP contribution in [0, 0.1) is 0 Å². The van der Waals surface area contributed by atoms with E-state index >= 15 is 0 Å². The maximum atomic E-state index is 12.8. The van der Waals surface area contributed by atoms with Crippen molar-refractivity contribution in [2.75, 3.05) is 24.0 Å². The molecule has 3 heterocycles. The van der Waals surface area contributed by atoms with Crippen molar-refractivity contribution >= 4 is 60.6 Å². The van der Waals surface area contributed by atoms with Crippen LogP contribution in [0.3, 0.4) is 0 Å². The van der Waals surface area contributed by atoms with Gasteiger partial charge in [-0.2, -0.15) is 14.7 Å². The lowest BCUT2D eigenvalue weighted by atomic mass is 10.4. The van der Waals surface area contributed by atoms with Gasteiger partial charge >= 0.3 is 0 Å². The number of rotatable bonds is 6. The summed E-state index contributed by atoms with van der Waals surface area (Å²) in [5.74, 6) is 0.156. The highest BCUT2D eigenvalue weighted by molar-refractivity contribution is 8.00. The van der Waals surface area contributed by atoms with E-state index in [4.69, 9.17) is 11.5 Å². The predicted octanol–water partition coefficient (Wildman–Crippen LogP) is 2.81. The third-order valence-electron chi connectivity index (χ3n) is 5.12. The Labute approximate surface area is 227 Å². The average Bonchev–Trinajstić information content (AvgIpc) is 3.52. The van der Waals surface area contributed by atoms with Crippen LogP contribution >= 0.6 is 23.5 Å². The van der Waals surface area contributed by atoms with E-state index in [1.165, 1.54) is 58.6 Å². The number of benzene rings is 2. The van der Waals surface area contributed by atoms with Gasteiger partial charge in [0.2, 0.25) is 25.6 Å². The van der Waals surface area contributed by atoms with Gasteiger partial charge in [0.1, 0.15) is 27.1 Å². The molecule has 2 aromatic carbocycles. The third-order valence-corrected chi connectivity index (χ3v) is 10.4. The van der Waals surface area contributed by atoms with E-state index in [1.54, 1.807) is 48.9 Å². The van der Waals surface area contributed by atoms with Crippen molar-refractivity contribution in [3.8, 4) is 0 Å². The Hall–Kier alpha value is -3.60. The summed E-state index contributed by atoms with van der Waals surface area (Å²) in [6.07, 6.45) is 4.72. The highest BCUT2D eigenvalue weighted by Gasteiger charge is 2.29. The zero-order valence-electron chi connectivity index (χ0n) is 20.0. The fourth-order valence-corrected chi connectivity index (χ4v) is 8.17. The molecule has 16 heteroatoms. The molecular formula is C22H22N8O4S4. The maximum Gasteiger partial charge on any atom is 0.224 e. The Kier molecular flexibility index (Phi) is 7.96. The SMILES string of the molecule is CSc1n[nH]c(N)c1S(=O)(=O)c1ccccc1.CSc1nn2c(N)ncnc2c1S(=O)(=O)c1ccccc1. The van der Waals surface area contributed by atoms with Gasteiger partial charge in [-0.25, -0.2) is 26.8 Å². The number of nitrogens with two attached hydrogens (primary N) is 2. The van der Waals surface area contributed by atoms with E-state index in [-0.39, 0.29) is 37.0 Å². The first kappa shape index (κ1) is 27.4. The van der Waals surface area contributed by atoms with Gasteiger partial charge in [-0.05, 0) is 36.8 Å². The lowest BCUT2D eigenvalue weighted by Gasteiger charge is -2.04. The van der Waals surface area contributed by atoms with Crippen LogP contribution in [-0.2, 0) is 19.7 Å². The lowest BCUT2D eigenvalue weighted by molar-refractivity contribution is 0.593. The minimum atomic E-state index is -3.73. The van der Waals surface area contributed by atoms with Gasteiger partial charge in [-0.3, -0.25) is 5.10 Å². The number of nitrogens with one attached hydrogen (secondary N) is 1. The molecule has 198 valence electrons. The fraction of sp³-hybridized carbons (Fsp3) is 0.0909. The molecule has 0 saturated heterocycles. The lowest BCUT2D eigenvalue weighted by Crippen LogP contribution is -2.05. The van der Waals surface area contributed by atoms with Crippen molar-refractivity contribution in [1.29, 1.82) is 0 Å². The summed E-state index contributed by atoms with van der Waals surface area (Å²) in [4.78, 5) is 8.34. The van der Waals surface area contributed by atoms with Crippen LogP contribution in [0.25, 0.3) is 5.65 Å². The molecule has 5 rings (SSSR count). The predicted molar refractivity (Wildman–Crippen MR) is 146 cm³/mol. The van der Waals surface area contributed by atoms with Crippen LogP contribution < -0.4 is 11.5 Å². The van der Waals surface area contributed by atoms with Gasteiger partial charge in [0.05, 0.1) is 9.79 Å². The minimum Gasteiger partial charge on any atom is -0.383 e. The normalized spacial score (nSPS) is 11.7. The van der Waals surface area contributed by atoms with Gasteiger partial charge in [-0.15, -0.1) is 23.5 Å². The van der Waals surface area contributed by atoms with Gasteiger partial charge in [0.15, 0.2) is 10.5 Å². The number of hydrogen-bond acceptors (Lipinski definition) is 12. The molecule has 0 saturated carbocycles. The zero-order valence-corrected chi connectivity index (χ0v) is 23.3. The first-order valence-corrected chi connectivity index (χ1v) is 16.1. The second kappa shape index (κ2) is 11.0. The summed E-state index contributed by atoms with van der Waals surface area (Å²) in [5.41, 5.74) is 11.5. The number of H-pyrrole nitrogens is 1. The van der Waals surface area contributed by atoms with Crippen molar-refractivity contribution in [2.24, 2.45) is 0 Å². The van der Waals surface area contributed by atoms with E-state index in [9.17, 15) is 16.8 Å². The molecule has 0 aliphatic rings. The van der Waals surface area contributed by atoms with Crippen LogP contribution in [-0.4, -0.2) is 59.1 Å². The third kappa shape index (κ3) is 5.07. The van der Waals surface area contributed by atoms with E-state index in [1.807, 2.05) is 0 Å². The Morgan fingerprint density at radius 1 is 0.763 bits per heavy atom. The van der Waals surface area contributed by atoms with Crippen LogP contribution in [0.4, 0.5) is 11.8 Å². The van der Waals surface area contributed by atoms with Gasteiger partial charge < -0.3 is 11.5 Å². The molecule has 5 N–H and O–H groups in total. The van der Waals surface area contributed by atoms with Gasteiger partial charge in [0.25, 0.3) is 0 Å². The summed E-state index contributed by atoms with van der Waals surface area (Å²) < 4.78 is 51.6. The van der Waals surface area contributed by atoms with Crippen molar-refractivity contribution < 1.29 is 16.8 Å².